The van der Waals surface area contributed by atoms with E-state index in [0.717, 1.165) is 0 Å². The molecular formula is C11H14N2O5. The zero-order valence-electron chi connectivity index (χ0n) is 10.0. The van der Waals surface area contributed by atoms with Crippen molar-refractivity contribution in [1.29, 1.82) is 0 Å². The lowest BCUT2D eigenvalue weighted by Crippen LogP contribution is -2.18. The molecule has 0 saturated carbocycles. The number of methoxy groups -OCH3 is 1. The number of rotatable bonds is 4. The van der Waals surface area contributed by atoms with Crippen molar-refractivity contribution in [3.63, 3.8) is 0 Å². The quantitative estimate of drug-likeness (QED) is 0.473. The molecule has 3 N–H and O–H groups in total. The Hall–Kier alpha value is -2.15. The SMILES string of the molecule is COC(=O)C[C@@H](N)c1c([N+](=O)[O-])ccc(C)c1O. The van der Waals surface area contributed by atoms with Gasteiger partial charge in [0.25, 0.3) is 5.69 Å². The van der Waals surface area contributed by atoms with Crippen LogP contribution in [0.4, 0.5) is 5.69 Å². The Bertz CT molecular complexity index is 487. The fraction of sp³-hybridized carbons (Fsp3) is 0.364. The third kappa shape index (κ3) is 2.75. The average molecular weight is 254 g/mol. The van der Waals surface area contributed by atoms with E-state index in [1.54, 1.807) is 6.92 Å². The molecule has 18 heavy (non-hydrogen) atoms. The first-order valence-electron chi connectivity index (χ1n) is 5.17. The Balaban J connectivity index is 3.23. The number of hydrogen-bond donors (Lipinski definition) is 2. The summed E-state index contributed by atoms with van der Waals surface area (Å²) in [5, 5.41) is 20.7. The number of hydrogen-bond acceptors (Lipinski definition) is 6. The summed E-state index contributed by atoms with van der Waals surface area (Å²) in [6.07, 6.45) is -0.242. The third-order valence-electron chi connectivity index (χ3n) is 2.58. The summed E-state index contributed by atoms with van der Waals surface area (Å²) in [7, 11) is 1.19. The van der Waals surface area contributed by atoms with Gasteiger partial charge in [-0.3, -0.25) is 14.9 Å². The molecule has 98 valence electrons. The molecule has 1 rings (SSSR count). The summed E-state index contributed by atoms with van der Waals surface area (Å²) in [6.45, 7) is 1.59. The van der Waals surface area contributed by atoms with E-state index < -0.39 is 16.9 Å². The van der Waals surface area contributed by atoms with E-state index in [1.165, 1.54) is 19.2 Å². The van der Waals surface area contributed by atoms with E-state index >= 15 is 0 Å². The van der Waals surface area contributed by atoms with Gasteiger partial charge in [-0.2, -0.15) is 0 Å². The van der Waals surface area contributed by atoms with Crippen LogP contribution in [0.1, 0.15) is 23.6 Å². The van der Waals surface area contributed by atoms with Gasteiger partial charge >= 0.3 is 5.97 Å². The molecule has 7 heteroatoms. The first kappa shape index (κ1) is 13.9. The monoisotopic (exact) mass is 254 g/mol. The Kier molecular flexibility index (Phi) is 4.22. The Morgan fingerprint density at radius 3 is 2.72 bits per heavy atom. The van der Waals surface area contributed by atoms with Gasteiger partial charge in [0.05, 0.1) is 30.1 Å². The minimum atomic E-state index is -0.988. The van der Waals surface area contributed by atoms with Crippen LogP contribution < -0.4 is 5.73 Å². The highest BCUT2D eigenvalue weighted by Crippen LogP contribution is 2.36. The number of phenolic OH excluding ortho intramolecular Hbond substituents is 1. The normalized spacial score (nSPS) is 11.9. The number of carbonyl (C=O) groups is 1. The highest BCUT2D eigenvalue weighted by Gasteiger charge is 2.26. The number of aromatic hydroxyl groups is 1. The van der Waals surface area contributed by atoms with Crippen LogP contribution in [0, 0.1) is 17.0 Å². The lowest BCUT2D eigenvalue weighted by atomic mass is 9.99. The molecule has 1 atom stereocenters. The molecule has 0 amide bonds. The lowest BCUT2D eigenvalue weighted by Gasteiger charge is -2.14. The van der Waals surface area contributed by atoms with Gasteiger partial charge in [0, 0.05) is 6.07 Å². The highest BCUT2D eigenvalue weighted by molar-refractivity contribution is 5.71. The minimum absolute atomic E-state index is 0.0506. The summed E-state index contributed by atoms with van der Waals surface area (Å²) < 4.78 is 4.44. The van der Waals surface area contributed by atoms with Gasteiger partial charge < -0.3 is 15.6 Å². The van der Waals surface area contributed by atoms with E-state index in [9.17, 15) is 20.0 Å². The molecule has 0 unspecified atom stereocenters. The van der Waals surface area contributed by atoms with Crippen LogP contribution in [0.5, 0.6) is 5.75 Å². The minimum Gasteiger partial charge on any atom is -0.507 e. The van der Waals surface area contributed by atoms with Crippen LogP contribution in [0.25, 0.3) is 0 Å². The molecule has 0 aliphatic carbocycles. The Morgan fingerprint density at radius 1 is 1.61 bits per heavy atom. The highest BCUT2D eigenvalue weighted by atomic mass is 16.6. The molecule has 0 aliphatic rings. The van der Waals surface area contributed by atoms with Gasteiger partial charge in [0.15, 0.2) is 0 Å². The predicted molar refractivity (Wildman–Crippen MR) is 63.1 cm³/mol. The zero-order valence-corrected chi connectivity index (χ0v) is 10.0. The molecule has 0 saturated heterocycles. The average Bonchev–Trinajstić information content (AvgIpc) is 2.31. The number of ether oxygens (including phenoxy) is 1. The van der Waals surface area contributed by atoms with Crippen LogP contribution in [-0.2, 0) is 9.53 Å². The van der Waals surface area contributed by atoms with Crippen LogP contribution in [0.3, 0.4) is 0 Å². The summed E-state index contributed by atoms with van der Waals surface area (Å²) in [5.41, 5.74) is 5.81. The number of esters is 1. The van der Waals surface area contributed by atoms with Crippen molar-refractivity contribution >= 4 is 11.7 Å². The maximum absolute atomic E-state index is 11.1. The standard InChI is InChI=1S/C11H14N2O5/c1-6-3-4-8(13(16)17)10(11(6)15)7(12)5-9(14)18-2/h3-4,7,15H,5,12H2,1-2H3/t7-/m1/s1. The third-order valence-corrected chi connectivity index (χ3v) is 2.58. The summed E-state index contributed by atoms with van der Waals surface area (Å²) in [6, 6.07) is 1.68. The molecule has 0 aromatic heterocycles. The topological polar surface area (TPSA) is 116 Å². The summed E-state index contributed by atoms with van der Waals surface area (Å²) in [4.78, 5) is 21.3. The zero-order chi connectivity index (χ0) is 13.9. The first-order valence-corrected chi connectivity index (χ1v) is 5.17. The largest absolute Gasteiger partial charge is 0.507 e. The fourth-order valence-electron chi connectivity index (χ4n) is 1.60. The van der Waals surface area contributed by atoms with Crippen LogP contribution in [0.2, 0.25) is 0 Å². The van der Waals surface area contributed by atoms with Crippen molar-refractivity contribution < 1.29 is 19.6 Å². The number of benzene rings is 1. The number of carbonyl (C=O) groups excluding carboxylic acids is 1. The Morgan fingerprint density at radius 2 is 2.22 bits per heavy atom. The van der Waals surface area contributed by atoms with Crippen LogP contribution >= 0.6 is 0 Å². The lowest BCUT2D eigenvalue weighted by molar-refractivity contribution is -0.385. The van der Waals surface area contributed by atoms with Crippen molar-refractivity contribution in [3.8, 4) is 5.75 Å². The second kappa shape index (κ2) is 5.46. The number of nitro benzene ring substituents is 1. The molecule has 0 radical (unpaired) electrons. The maximum Gasteiger partial charge on any atom is 0.307 e. The van der Waals surface area contributed by atoms with Gasteiger partial charge in [-0.05, 0) is 18.6 Å². The van der Waals surface area contributed by atoms with Crippen molar-refractivity contribution in [2.45, 2.75) is 19.4 Å². The van der Waals surface area contributed by atoms with Gasteiger partial charge in [0.1, 0.15) is 5.75 Å². The van der Waals surface area contributed by atoms with Crippen molar-refractivity contribution in [2.75, 3.05) is 7.11 Å². The smallest absolute Gasteiger partial charge is 0.307 e. The second-order valence-electron chi connectivity index (χ2n) is 3.81. The molecule has 1 aromatic rings. The van der Waals surface area contributed by atoms with Crippen molar-refractivity contribution in [3.05, 3.63) is 33.4 Å². The molecule has 0 spiro atoms. The van der Waals surface area contributed by atoms with E-state index in [4.69, 9.17) is 5.73 Å². The number of aryl methyl sites for hydroxylation is 1. The summed E-state index contributed by atoms with van der Waals surface area (Å²) >= 11 is 0. The van der Waals surface area contributed by atoms with Gasteiger partial charge in [-0.15, -0.1) is 0 Å². The number of nitrogens with two attached hydrogens (primary N) is 1. The second-order valence-corrected chi connectivity index (χ2v) is 3.81. The predicted octanol–water partition coefficient (Wildman–Crippen LogP) is 1.17. The van der Waals surface area contributed by atoms with E-state index in [1.807, 2.05) is 0 Å². The van der Waals surface area contributed by atoms with Gasteiger partial charge in [-0.1, -0.05) is 0 Å². The maximum atomic E-state index is 11.1. The summed E-state index contributed by atoms with van der Waals surface area (Å²) in [5.74, 6) is -0.863. The fourth-order valence-corrected chi connectivity index (χ4v) is 1.60. The Labute approximate surface area is 103 Å². The van der Waals surface area contributed by atoms with E-state index in [0.29, 0.717) is 5.56 Å². The van der Waals surface area contributed by atoms with Crippen molar-refractivity contribution in [1.82, 2.24) is 0 Å². The molecule has 7 nitrogen and oxygen atoms in total. The van der Waals surface area contributed by atoms with Crippen molar-refractivity contribution in [2.24, 2.45) is 5.73 Å². The molecule has 0 heterocycles. The van der Waals surface area contributed by atoms with E-state index in [-0.39, 0.29) is 23.4 Å². The van der Waals surface area contributed by atoms with Crippen LogP contribution in [0.15, 0.2) is 12.1 Å². The first-order chi connectivity index (χ1) is 8.38. The van der Waals surface area contributed by atoms with E-state index in [2.05, 4.69) is 4.74 Å². The van der Waals surface area contributed by atoms with Gasteiger partial charge in [-0.25, -0.2) is 0 Å². The molecule has 0 bridgehead atoms. The molecular weight excluding hydrogens is 240 g/mol. The van der Waals surface area contributed by atoms with Gasteiger partial charge in [0.2, 0.25) is 0 Å². The molecule has 0 fully saturated rings. The number of nitro groups is 1. The number of phenols is 1. The molecule has 1 aromatic carbocycles. The molecule has 0 aliphatic heterocycles. The van der Waals surface area contributed by atoms with Crippen LogP contribution in [-0.4, -0.2) is 23.1 Å². The number of nitrogens with zero attached hydrogens (tertiary/aromatic N) is 1.